The molecule has 0 saturated heterocycles. The molecule has 2 N–H and O–H groups in total. The monoisotopic (exact) mass is 235 g/mol. The first kappa shape index (κ1) is 13.7. The number of hydrogen-bond donors (Lipinski definition) is 2. The summed E-state index contributed by atoms with van der Waals surface area (Å²) in [5, 5.41) is 12.2. The molecule has 0 radical (unpaired) electrons. The lowest BCUT2D eigenvalue weighted by molar-refractivity contribution is -0.123. The standard InChI is InChI=1S/C14H21NO2/c1-3-11(2)9-14(17)15-13(10-16)12-7-5-4-6-8-12/h4-8,11,13,16H,3,9-10H2,1-2H3,(H,15,17). The highest BCUT2D eigenvalue weighted by molar-refractivity contribution is 5.76. The van der Waals surface area contributed by atoms with Crippen molar-refractivity contribution in [2.75, 3.05) is 6.61 Å². The van der Waals surface area contributed by atoms with Gasteiger partial charge in [0.2, 0.25) is 5.91 Å². The van der Waals surface area contributed by atoms with E-state index in [2.05, 4.69) is 19.2 Å². The summed E-state index contributed by atoms with van der Waals surface area (Å²) in [6, 6.07) is 9.23. The quantitative estimate of drug-likeness (QED) is 0.794. The highest BCUT2D eigenvalue weighted by Crippen LogP contribution is 2.13. The van der Waals surface area contributed by atoms with Gasteiger partial charge in [-0.2, -0.15) is 0 Å². The predicted octanol–water partition coefficient (Wildman–Crippen LogP) is 2.27. The second-order valence-corrected chi connectivity index (χ2v) is 4.43. The topological polar surface area (TPSA) is 49.3 Å². The van der Waals surface area contributed by atoms with E-state index in [1.54, 1.807) is 0 Å². The zero-order valence-corrected chi connectivity index (χ0v) is 10.5. The van der Waals surface area contributed by atoms with Crippen molar-refractivity contribution in [1.82, 2.24) is 5.32 Å². The Bertz CT molecular complexity index is 337. The molecule has 3 heteroatoms. The summed E-state index contributed by atoms with van der Waals surface area (Å²) >= 11 is 0. The average Bonchev–Trinajstić information content (AvgIpc) is 2.36. The van der Waals surface area contributed by atoms with Crippen LogP contribution in [-0.4, -0.2) is 17.6 Å². The number of amides is 1. The normalized spacial score (nSPS) is 14.1. The van der Waals surface area contributed by atoms with E-state index in [0.29, 0.717) is 12.3 Å². The molecule has 2 unspecified atom stereocenters. The Morgan fingerprint density at radius 3 is 2.53 bits per heavy atom. The molecule has 0 heterocycles. The van der Waals surface area contributed by atoms with Crippen LogP contribution < -0.4 is 5.32 Å². The van der Waals surface area contributed by atoms with Crippen molar-refractivity contribution < 1.29 is 9.90 Å². The van der Waals surface area contributed by atoms with Gasteiger partial charge in [-0.3, -0.25) is 4.79 Å². The van der Waals surface area contributed by atoms with Gasteiger partial charge in [-0.1, -0.05) is 50.6 Å². The zero-order valence-electron chi connectivity index (χ0n) is 10.5. The molecule has 0 spiro atoms. The van der Waals surface area contributed by atoms with Crippen LogP contribution in [0.5, 0.6) is 0 Å². The van der Waals surface area contributed by atoms with Gasteiger partial charge in [0.05, 0.1) is 12.6 Å². The van der Waals surface area contributed by atoms with E-state index in [4.69, 9.17) is 0 Å². The highest BCUT2D eigenvalue weighted by atomic mass is 16.3. The lowest BCUT2D eigenvalue weighted by atomic mass is 10.0. The number of nitrogens with one attached hydrogen (secondary N) is 1. The molecule has 1 aromatic rings. The van der Waals surface area contributed by atoms with Gasteiger partial charge in [-0.05, 0) is 11.5 Å². The van der Waals surface area contributed by atoms with E-state index < -0.39 is 0 Å². The smallest absolute Gasteiger partial charge is 0.220 e. The van der Waals surface area contributed by atoms with Crippen LogP contribution >= 0.6 is 0 Å². The first-order valence-electron chi connectivity index (χ1n) is 6.12. The summed E-state index contributed by atoms with van der Waals surface area (Å²) in [6.45, 7) is 4.05. The van der Waals surface area contributed by atoms with Gasteiger partial charge < -0.3 is 10.4 Å². The van der Waals surface area contributed by atoms with Gasteiger partial charge in [0.25, 0.3) is 0 Å². The van der Waals surface area contributed by atoms with Crippen LogP contribution in [0.2, 0.25) is 0 Å². The van der Waals surface area contributed by atoms with Crippen molar-refractivity contribution in [2.45, 2.75) is 32.7 Å². The predicted molar refractivity (Wildman–Crippen MR) is 68.5 cm³/mol. The summed E-state index contributed by atoms with van der Waals surface area (Å²) in [7, 11) is 0. The largest absolute Gasteiger partial charge is 0.394 e. The van der Waals surface area contributed by atoms with Crippen LogP contribution in [0.1, 0.15) is 38.3 Å². The van der Waals surface area contributed by atoms with Gasteiger partial charge in [0.15, 0.2) is 0 Å². The van der Waals surface area contributed by atoms with Crippen LogP contribution in [0.15, 0.2) is 30.3 Å². The molecule has 0 aliphatic carbocycles. The Labute approximate surface area is 103 Å². The van der Waals surface area contributed by atoms with Gasteiger partial charge in [-0.25, -0.2) is 0 Å². The molecule has 17 heavy (non-hydrogen) atoms. The molecule has 94 valence electrons. The van der Waals surface area contributed by atoms with Crippen LogP contribution in [0.3, 0.4) is 0 Å². The Kier molecular flexibility index (Phi) is 5.70. The molecule has 2 atom stereocenters. The van der Waals surface area contributed by atoms with Gasteiger partial charge >= 0.3 is 0 Å². The lowest BCUT2D eigenvalue weighted by Gasteiger charge is -2.18. The van der Waals surface area contributed by atoms with Crippen molar-refractivity contribution in [2.24, 2.45) is 5.92 Å². The average molecular weight is 235 g/mol. The minimum Gasteiger partial charge on any atom is -0.394 e. The molecule has 3 nitrogen and oxygen atoms in total. The number of rotatable bonds is 6. The third-order valence-corrected chi connectivity index (χ3v) is 2.95. The first-order chi connectivity index (χ1) is 8.17. The summed E-state index contributed by atoms with van der Waals surface area (Å²) in [5.74, 6) is 0.382. The van der Waals surface area contributed by atoms with Crippen LogP contribution in [0.4, 0.5) is 0 Å². The SMILES string of the molecule is CCC(C)CC(=O)NC(CO)c1ccccc1. The molecule has 0 bridgehead atoms. The maximum Gasteiger partial charge on any atom is 0.220 e. The Balaban J connectivity index is 2.56. The lowest BCUT2D eigenvalue weighted by Crippen LogP contribution is -2.31. The van der Waals surface area contributed by atoms with E-state index in [9.17, 15) is 9.90 Å². The highest BCUT2D eigenvalue weighted by Gasteiger charge is 2.14. The number of carbonyl (C=O) groups is 1. The Morgan fingerprint density at radius 2 is 2.00 bits per heavy atom. The van der Waals surface area contributed by atoms with Gasteiger partial charge in [0, 0.05) is 6.42 Å². The molecule has 1 amide bonds. The second kappa shape index (κ2) is 7.07. The minimum atomic E-state index is -0.298. The maximum absolute atomic E-state index is 11.7. The number of aliphatic hydroxyl groups is 1. The first-order valence-corrected chi connectivity index (χ1v) is 6.12. The fourth-order valence-electron chi connectivity index (χ4n) is 1.63. The third-order valence-electron chi connectivity index (χ3n) is 2.95. The summed E-state index contributed by atoms with van der Waals surface area (Å²) in [4.78, 5) is 11.7. The molecule has 0 aliphatic heterocycles. The van der Waals surface area contributed by atoms with Crippen molar-refractivity contribution in [3.05, 3.63) is 35.9 Å². The van der Waals surface area contributed by atoms with Crippen molar-refractivity contribution in [3.63, 3.8) is 0 Å². The summed E-state index contributed by atoms with van der Waals surface area (Å²) in [5.41, 5.74) is 0.938. The van der Waals surface area contributed by atoms with Gasteiger partial charge in [0.1, 0.15) is 0 Å². The number of benzene rings is 1. The molecule has 0 fully saturated rings. The molecular weight excluding hydrogens is 214 g/mol. The fraction of sp³-hybridized carbons (Fsp3) is 0.500. The Hall–Kier alpha value is -1.35. The zero-order chi connectivity index (χ0) is 12.7. The van der Waals surface area contributed by atoms with Crippen LogP contribution in [-0.2, 0) is 4.79 Å². The molecule has 0 aliphatic rings. The minimum absolute atomic E-state index is 0.00209. The summed E-state index contributed by atoms with van der Waals surface area (Å²) in [6.07, 6.45) is 1.50. The molecule has 1 aromatic carbocycles. The molecular formula is C14H21NO2. The third kappa shape index (κ3) is 4.57. The molecule has 1 rings (SSSR count). The van der Waals surface area contributed by atoms with E-state index in [1.807, 2.05) is 30.3 Å². The summed E-state index contributed by atoms with van der Waals surface area (Å²) < 4.78 is 0. The van der Waals surface area contributed by atoms with Crippen molar-refractivity contribution in [3.8, 4) is 0 Å². The van der Waals surface area contributed by atoms with Gasteiger partial charge in [-0.15, -0.1) is 0 Å². The van der Waals surface area contributed by atoms with E-state index in [-0.39, 0.29) is 18.6 Å². The van der Waals surface area contributed by atoms with E-state index >= 15 is 0 Å². The molecule has 0 saturated carbocycles. The number of aliphatic hydroxyl groups excluding tert-OH is 1. The van der Waals surface area contributed by atoms with Crippen LogP contribution in [0, 0.1) is 5.92 Å². The van der Waals surface area contributed by atoms with E-state index in [1.165, 1.54) is 0 Å². The van der Waals surface area contributed by atoms with E-state index in [0.717, 1.165) is 12.0 Å². The number of carbonyl (C=O) groups excluding carboxylic acids is 1. The molecule has 0 aromatic heterocycles. The van der Waals surface area contributed by atoms with Crippen molar-refractivity contribution in [1.29, 1.82) is 0 Å². The fourth-order valence-corrected chi connectivity index (χ4v) is 1.63. The second-order valence-electron chi connectivity index (χ2n) is 4.43. The van der Waals surface area contributed by atoms with Crippen molar-refractivity contribution >= 4 is 5.91 Å². The van der Waals surface area contributed by atoms with Crippen LogP contribution in [0.25, 0.3) is 0 Å². The number of hydrogen-bond acceptors (Lipinski definition) is 2. The Morgan fingerprint density at radius 1 is 1.35 bits per heavy atom. The maximum atomic E-state index is 11.7.